The van der Waals surface area contributed by atoms with Crippen molar-refractivity contribution in [2.45, 2.75) is 12.7 Å². The average Bonchev–Trinajstić information content (AvgIpc) is 2.94. The Morgan fingerprint density at radius 3 is 2.52 bits per heavy atom. The molecular formula is C17H12F3N5OS. The van der Waals surface area contributed by atoms with E-state index in [9.17, 15) is 18.0 Å². The smallest absolute Gasteiger partial charge is 0.397 e. The Balaban J connectivity index is 1.78. The number of thiophene rings is 1. The van der Waals surface area contributed by atoms with Crippen molar-refractivity contribution in [2.75, 3.05) is 11.5 Å². The molecule has 27 heavy (non-hydrogen) atoms. The van der Waals surface area contributed by atoms with Crippen LogP contribution in [0.4, 0.5) is 24.7 Å². The average molecular weight is 391 g/mol. The minimum atomic E-state index is -4.41. The molecule has 2 heterocycles. The third-order valence-corrected chi connectivity index (χ3v) is 4.93. The Bertz CT molecular complexity index is 1070. The molecule has 0 spiro atoms. The summed E-state index contributed by atoms with van der Waals surface area (Å²) in [7, 11) is 0. The van der Waals surface area contributed by atoms with Crippen LogP contribution in [0.5, 0.6) is 0 Å². The maximum absolute atomic E-state index is 12.6. The number of carbonyl (C=O) groups is 1. The lowest BCUT2D eigenvalue weighted by Crippen LogP contribution is -2.22. The van der Waals surface area contributed by atoms with E-state index >= 15 is 0 Å². The van der Waals surface area contributed by atoms with Crippen LogP contribution in [0.2, 0.25) is 0 Å². The maximum Gasteiger partial charge on any atom is 0.416 e. The topological polar surface area (TPSA) is 118 Å². The number of halogens is 3. The molecular weight excluding hydrogens is 379 g/mol. The zero-order valence-corrected chi connectivity index (χ0v) is 14.4. The number of nitrogens with one attached hydrogen (secondary N) is 1. The molecule has 3 aromatic rings. The number of aromatic nitrogens is 1. The third-order valence-electron chi connectivity index (χ3n) is 3.81. The lowest BCUT2D eigenvalue weighted by atomic mass is 10.1. The SMILES string of the molecule is N#Cc1cc2c(N)c(C(=O)NCc3ccc(C(F)(F)F)cc3)sc2nc1N. The Labute approximate surface area is 155 Å². The summed E-state index contributed by atoms with van der Waals surface area (Å²) in [5.74, 6) is -0.449. The number of carbonyl (C=O) groups excluding carboxylic acids is 1. The van der Waals surface area contributed by atoms with Crippen molar-refractivity contribution in [3.63, 3.8) is 0 Å². The molecule has 2 aromatic heterocycles. The summed E-state index contributed by atoms with van der Waals surface area (Å²) in [4.78, 5) is 17.1. The van der Waals surface area contributed by atoms with Gasteiger partial charge >= 0.3 is 6.18 Å². The Morgan fingerprint density at radius 1 is 1.26 bits per heavy atom. The van der Waals surface area contributed by atoms with Gasteiger partial charge in [-0.05, 0) is 23.8 Å². The van der Waals surface area contributed by atoms with E-state index in [0.717, 1.165) is 23.5 Å². The van der Waals surface area contributed by atoms with Crippen LogP contribution in [0.25, 0.3) is 10.2 Å². The minimum Gasteiger partial charge on any atom is -0.397 e. The second-order valence-electron chi connectivity index (χ2n) is 5.61. The summed E-state index contributed by atoms with van der Waals surface area (Å²) in [6.45, 7) is 0.0314. The van der Waals surface area contributed by atoms with Crippen LogP contribution in [0, 0.1) is 11.3 Å². The first-order valence-electron chi connectivity index (χ1n) is 7.53. The minimum absolute atomic E-state index is 0.0314. The zero-order valence-electron chi connectivity index (χ0n) is 13.6. The molecule has 0 radical (unpaired) electrons. The second kappa shape index (κ2) is 6.77. The normalized spacial score (nSPS) is 11.3. The van der Waals surface area contributed by atoms with Gasteiger partial charge in [0, 0.05) is 11.9 Å². The van der Waals surface area contributed by atoms with Crippen LogP contribution in [0.1, 0.15) is 26.4 Å². The summed E-state index contributed by atoms with van der Waals surface area (Å²) >= 11 is 1.02. The number of benzene rings is 1. The third kappa shape index (κ3) is 3.63. The molecule has 0 aliphatic carbocycles. The molecule has 10 heteroatoms. The van der Waals surface area contributed by atoms with E-state index < -0.39 is 17.6 Å². The fraction of sp³-hybridized carbons (Fsp3) is 0.118. The molecule has 0 unspecified atom stereocenters. The number of pyridine rings is 1. The van der Waals surface area contributed by atoms with E-state index in [1.165, 1.54) is 18.2 Å². The van der Waals surface area contributed by atoms with Gasteiger partial charge in [0.2, 0.25) is 0 Å². The molecule has 5 N–H and O–H groups in total. The molecule has 0 atom stereocenters. The molecule has 1 amide bonds. The Kier molecular flexibility index (Phi) is 4.63. The van der Waals surface area contributed by atoms with Crippen molar-refractivity contribution >= 4 is 39.0 Å². The van der Waals surface area contributed by atoms with E-state index in [0.29, 0.717) is 15.8 Å². The first-order chi connectivity index (χ1) is 12.7. The van der Waals surface area contributed by atoms with E-state index in [1.807, 2.05) is 6.07 Å². The lowest BCUT2D eigenvalue weighted by molar-refractivity contribution is -0.137. The molecule has 0 saturated carbocycles. The zero-order chi connectivity index (χ0) is 19.8. The summed E-state index contributed by atoms with van der Waals surface area (Å²) in [6.07, 6.45) is -4.41. The largest absolute Gasteiger partial charge is 0.416 e. The van der Waals surface area contributed by atoms with Gasteiger partial charge in [0.25, 0.3) is 5.91 Å². The van der Waals surface area contributed by atoms with Crippen molar-refractivity contribution in [2.24, 2.45) is 0 Å². The highest BCUT2D eigenvalue weighted by atomic mass is 32.1. The molecule has 0 fully saturated rings. The van der Waals surface area contributed by atoms with Gasteiger partial charge in [-0.3, -0.25) is 4.79 Å². The number of rotatable bonds is 3. The summed E-state index contributed by atoms with van der Waals surface area (Å²) in [5.41, 5.74) is 11.7. The molecule has 0 aliphatic rings. The number of fused-ring (bicyclic) bond motifs is 1. The van der Waals surface area contributed by atoms with Crippen LogP contribution in [0.3, 0.4) is 0 Å². The van der Waals surface area contributed by atoms with Gasteiger partial charge in [-0.2, -0.15) is 18.4 Å². The number of nitrogens with zero attached hydrogens (tertiary/aromatic N) is 2. The fourth-order valence-corrected chi connectivity index (χ4v) is 3.39. The van der Waals surface area contributed by atoms with Crippen LogP contribution < -0.4 is 16.8 Å². The summed E-state index contributed by atoms with van der Waals surface area (Å²) < 4.78 is 37.7. The van der Waals surface area contributed by atoms with Gasteiger partial charge in [0.15, 0.2) is 0 Å². The molecule has 0 bridgehead atoms. The molecule has 0 aliphatic heterocycles. The van der Waals surface area contributed by atoms with Gasteiger partial charge in [-0.1, -0.05) is 12.1 Å². The predicted octanol–water partition coefficient (Wildman–Crippen LogP) is 3.28. The van der Waals surface area contributed by atoms with Gasteiger partial charge in [0.05, 0.1) is 16.8 Å². The number of nitrogens with two attached hydrogens (primary N) is 2. The van der Waals surface area contributed by atoms with Crippen LogP contribution in [-0.4, -0.2) is 10.9 Å². The van der Waals surface area contributed by atoms with Crippen molar-refractivity contribution in [3.05, 3.63) is 51.9 Å². The molecule has 1 aromatic carbocycles. The quantitative estimate of drug-likeness (QED) is 0.633. The van der Waals surface area contributed by atoms with Gasteiger partial charge < -0.3 is 16.8 Å². The van der Waals surface area contributed by atoms with E-state index in [1.54, 1.807) is 0 Å². The van der Waals surface area contributed by atoms with Gasteiger partial charge in [0.1, 0.15) is 21.6 Å². The number of amides is 1. The van der Waals surface area contributed by atoms with Crippen LogP contribution >= 0.6 is 11.3 Å². The van der Waals surface area contributed by atoms with Gasteiger partial charge in [-0.15, -0.1) is 11.3 Å². The van der Waals surface area contributed by atoms with Crippen molar-refractivity contribution in [3.8, 4) is 6.07 Å². The van der Waals surface area contributed by atoms with Crippen LogP contribution in [0.15, 0.2) is 30.3 Å². The highest BCUT2D eigenvalue weighted by Crippen LogP contribution is 2.34. The molecule has 3 rings (SSSR count). The van der Waals surface area contributed by atoms with Crippen molar-refractivity contribution < 1.29 is 18.0 Å². The first kappa shape index (κ1) is 18.5. The molecule has 0 saturated heterocycles. The summed E-state index contributed by atoms with van der Waals surface area (Å²) in [5, 5.41) is 12.1. The fourth-order valence-electron chi connectivity index (χ4n) is 2.39. The number of hydrogen-bond acceptors (Lipinski definition) is 6. The van der Waals surface area contributed by atoms with E-state index in [4.69, 9.17) is 16.7 Å². The Morgan fingerprint density at radius 2 is 1.93 bits per heavy atom. The number of nitriles is 1. The highest BCUT2D eigenvalue weighted by molar-refractivity contribution is 7.21. The van der Waals surface area contributed by atoms with Crippen molar-refractivity contribution in [1.82, 2.24) is 10.3 Å². The predicted molar refractivity (Wildman–Crippen MR) is 95.8 cm³/mol. The number of nitrogen functional groups attached to an aromatic ring is 2. The van der Waals surface area contributed by atoms with E-state index in [-0.39, 0.29) is 28.5 Å². The number of anilines is 2. The number of hydrogen-bond donors (Lipinski definition) is 3. The number of alkyl halides is 3. The van der Waals surface area contributed by atoms with Gasteiger partial charge in [-0.25, -0.2) is 4.98 Å². The lowest BCUT2D eigenvalue weighted by Gasteiger charge is -2.08. The van der Waals surface area contributed by atoms with Crippen LogP contribution in [-0.2, 0) is 12.7 Å². The Hall–Kier alpha value is -3.32. The maximum atomic E-state index is 12.6. The monoisotopic (exact) mass is 391 g/mol. The first-order valence-corrected chi connectivity index (χ1v) is 8.35. The summed E-state index contributed by atoms with van der Waals surface area (Å²) in [6, 6.07) is 7.84. The molecule has 6 nitrogen and oxygen atoms in total. The highest BCUT2D eigenvalue weighted by Gasteiger charge is 2.29. The second-order valence-corrected chi connectivity index (χ2v) is 6.61. The molecule has 138 valence electrons. The standard InChI is InChI=1S/C17H12F3N5OS/c18-17(19,20)10-3-1-8(2-4-10)7-24-15(26)13-12(22)11-5-9(6-21)14(23)25-16(11)27-13/h1-5H,7,22H2,(H2,23,25)(H,24,26). The van der Waals surface area contributed by atoms with E-state index in [2.05, 4.69) is 10.3 Å². The van der Waals surface area contributed by atoms with Crippen molar-refractivity contribution in [1.29, 1.82) is 5.26 Å².